The molecule has 0 radical (unpaired) electrons. The molecule has 72 valence electrons. The summed E-state index contributed by atoms with van der Waals surface area (Å²) < 4.78 is 0. The second-order valence-electron chi connectivity index (χ2n) is 3.78. The van der Waals surface area contributed by atoms with E-state index in [0.29, 0.717) is 0 Å². The molecule has 12 heavy (non-hydrogen) atoms. The lowest BCUT2D eigenvalue weighted by molar-refractivity contribution is 0.514. The van der Waals surface area contributed by atoms with Crippen LogP contribution in [0.2, 0.25) is 0 Å². The average Bonchev–Trinajstić information content (AvgIpc) is 2.06. The fraction of sp³-hybridized carbons (Fsp3) is 1.00. The van der Waals surface area contributed by atoms with E-state index in [2.05, 4.69) is 18.7 Å². The number of nitrogens with two attached hydrogens (primary N) is 1. The SMILES string of the molecule is CC(CCN)SC1CCCCC1. The Morgan fingerprint density at radius 1 is 1.33 bits per heavy atom. The zero-order valence-electron chi connectivity index (χ0n) is 8.09. The Hall–Kier alpha value is 0.310. The van der Waals surface area contributed by atoms with Crippen molar-refractivity contribution in [1.29, 1.82) is 0 Å². The minimum Gasteiger partial charge on any atom is -0.330 e. The summed E-state index contributed by atoms with van der Waals surface area (Å²) in [6.07, 6.45) is 8.43. The molecular formula is C10H21NS. The van der Waals surface area contributed by atoms with Gasteiger partial charge in [-0.25, -0.2) is 0 Å². The highest BCUT2D eigenvalue weighted by atomic mass is 32.2. The van der Waals surface area contributed by atoms with Gasteiger partial charge >= 0.3 is 0 Å². The van der Waals surface area contributed by atoms with Crippen molar-refractivity contribution in [2.45, 2.75) is 55.9 Å². The highest BCUT2D eigenvalue weighted by Gasteiger charge is 2.16. The molecule has 0 saturated heterocycles. The molecule has 0 amide bonds. The summed E-state index contributed by atoms with van der Waals surface area (Å²) in [5.41, 5.74) is 5.52. The number of hydrogen-bond acceptors (Lipinski definition) is 2. The highest BCUT2D eigenvalue weighted by Crippen LogP contribution is 2.31. The van der Waals surface area contributed by atoms with Crippen LogP contribution < -0.4 is 5.73 Å². The molecule has 0 bridgehead atoms. The van der Waals surface area contributed by atoms with Crippen LogP contribution in [0.15, 0.2) is 0 Å². The normalized spacial score (nSPS) is 22.5. The van der Waals surface area contributed by atoms with Crippen molar-refractivity contribution in [2.75, 3.05) is 6.54 Å². The maximum Gasteiger partial charge on any atom is 0.00497 e. The van der Waals surface area contributed by atoms with Gasteiger partial charge in [0.05, 0.1) is 0 Å². The minimum absolute atomic E-state index is 0.776. The van der Waals surface area contributed by atoms with Gasteiger partial charge < -0.3 is 5.73 Å². The smallest absolute Gasteiger partial charge is 0.00497 e. The molecule has 1 aliphatic rings. The lowest BCUT2D eigenvalue weighted by Crippen LogP contribution is -2.14. The van der Waals surface area contributed by atoms with E-state index in [4.69, 9.17) is 5.73 Å². The molecular weight excluding hydrogens is 166 g/mol. The fourth-order valence-electron chi connectivity index (χ4n) is 1.83. The van der Waals surface area contributed by atoms with Gasteiger partial charge in [-0.1, -0.05) is 26.2 Å². The van der Waals surface area contributed by atoms with Crippen LogP contribution in [0.4, 0.5) is 0 Å². The molecule has 1 rings (SSSR count). The summed E-state index contributed by atoms with van der Waals surface area (Å²) in [6, 6.07) is 0. The summed E-state index contributed by atoms with van der Waals surface area (Å²) in [5, 5.41) is 1.72. The third kappa shape index (κ3) is 3.81. The summed E-state index contributed by atoms with van der Waals surface area (Å²) >= 11 is 2.17. The predicted molar refractivity (Wildman–Crippen MR) is 57.6 cm³/mol. The third-order valence-corrected chi connectivity index (χ3v) is 4.11. The topological polar surface area (TPSA) is 26.0 Å². The average molecular weight is 187 g/mol. The van der Waals surface area contributed by atoms with Crippen molar-refractivity contribution in [3.63, 3.8) is 0 Å². The fourth-order valence-corrected chi connectivity index (χ4v) is 3.37. The van der Waals surface area contributed by atoms with E-state index in [-0.39, 0.29) is 0 Å². The first-order chi connectivity index (χ1) is 5.83. The summed E-state index contributed by atoms with van der Waals surface area (Å²) in [4.78, 5) is 0. The molecule has 0 heterocycles. The van der Waals surface area contributed by atoms with E-state index >= 15 is 0 Å². The number of thioether (sulfide) groups is 1. The Balaban J connectivity index is 2.11. The Kier molecular flexibility index (Phi) is 5.08. The van der Waals surface area contributed by atoms with Crippen molar-refractivity contribution in [2.24, 2.45) is 5.73 Å². The molecule has 0 aromatic carbocycles. The largest absolute Gasteiger partial charge is 0.330 e. The van der Waals surface area contributed by atoms with Crippen LogP contribution in [-0.2, 0) is 0 Å². The second kappa shape index (κ2) is 5.87. The van der Waals surface area contributed by atoms with Crippen LogP contribution in [0.1, 0.15) is 45.4 Å². The molecule has 1 fully saturated rings. The third-order valence-electron chi connectivity index (χ3n) is 2.55. The van der Waals surface area contributed by atoms with Crippen LogP contribution in [0.3, 0.4) is 0 Å². The van der Waals surface area contributed by atoms with Gasteiger partial charge in [-0.05, 0) is 25.8 Å². The lowest BCUT2D eigenvalue weighted by atomic mass is 10.0. The molecule has 0 aromatic heterocycles. The first-order valence-corrected chi connectivity index (χ1v) is 6.12. The molecule has 2 heteroatoms. The summed E-state index contributed by atoms with van der Waals surface area (Å²) in [7, 11) is 0. The van der Waals surface area contributed by atoms with Gasteiger partial charge in [0.15, 0.2) is 0 Å². The Morgan fingerprint density at radius 3 is 2.58 bits per heavy atom. The molecule has 0 aromatic rings. The van der Waals surface area contributed by atoms with Gasteiger partial charge in [0.25, 0.3) is 0 Å². The van der Waals surface area contributed by atoms with Crippen LogP contribution in [0.25, 0.3) is 0 Å². The molecule has 1 atom stereocenters. The lowest BCUT2D eigenvalue weighted by Gasteiger charge is -2.23. The zero-order chi connectivity index (χ0) is 8.81. The van der Waals surface area contributed by atoms with Gasteiger partial charge in [-0.2, -0.15) is 11.8 Å². The van der Waals surface area contributed by atoms with E-state index in [0.717, 1.165) is 17.0 Å². The first kappa shape index (κ1) is 10.4. The maximum absolute atomic E-state index is 5.52. The molecule has 1 aliphatic carbocycles. The van der Waals surface area contributed by atoms with E-state index in [1.807, 2.05) is 0 Å². The molecule has 1 unspecified atom stereocenters. The van der Waals surface area contributed by atoms with Crippen LogP contribution >= 0.6 is 11.8 Å². The maximum atomic E-state index is 5.52. The van der Waals surface area contributed by atoms with Crippen LogP contribution in [-0.4, -0.2) is 17.0 Å². The van der Waals surface area contributed by atoms with E-state index in [1.54, 1.807) is 0 Å². The Bertz CT molecular complexity index is 110. The molecule has 0 aliphatic heterocycles. The van der Waals surface area contributed by atoms with Gasteiger partial charge in [0.1, 0.15) is 0 Å². The van der Waals surface area contributed by atoms with Gasteiger partial charge in [0.2, 0.25) is 0 Å². The summed E-state index contributed by atoms with van der Waals surface area (Å²) in [6.45, 7) is 3.16. The van der Waals surface area contributed by atoms with E-state index in [1.165, 1.54) is 38.5 Å². The first-order valence-electron chi connectivity index (χ1n) is 5.18. The number of hydrogen-bond donors (Lipinski definition) is 1. The number of rotatable bonds is 4. The molecule has 0 spiro atoms. The van der Waals surface area contributed by atoms with Gasteiger partial charge in [0, 0.05) is 10.5 Å². The van der Waals surface area contributed by atoms with Crippen LogP contribution in [0, 0.1) is 0 Å². The van der Waals surface area contributed by atoms with Crippen molar-refractivity contribution >= 4 is 11.8 Å². The highest BCUT2D eigenvalue weighted by molar-refractivity contribution is 8.00. The zero-order valence-corrected chi connectivity index (χ0v) is 8.91. The van der Waals surface area contributed by atoms with Crippen molar-refractivity contribution in [1.82, 2.24) is 0 Å². The Morgan fingerprint density at radius 2 is 2.00 bits per heavy atom. The Labute approximate surface area is 80.5 Å². The summed E-state index contributed by atoms with van der Waals surface area (Å²) in [5.74, 6) is 0. The molecule has 2 N–H and O–H groups in total. The standard InChI is InChI=1S/C10H21NS/c1-9(7-8-11)12-10-5-3-2-4-6-10/h9-10H,2-8,11H2,1H3. The van der Waals surface area contributed by atoms with E-state index in [9.17, 15) is 0 Å². The van der Waals surface area contributed by atoms with E-state index < -0.39 is 0 Å². The molecule has 1 saturated carbocycles. The van der Waals surface area contributed by atoms with Crippen molar-refractivity contribution in [3.05, 3.63) is 0 Å². The quantitative estimate of drug-likeness (QED) is 0.732. The second-order valence-corrected chi connectivity index (χ2v) is 5.53. The van der Waals surface area contributed by atoms with Crippen molar-refractivity contribution < 1.29 is 0 Å². The van der Waals surface area contributed by atoms with Gasteiger partial charge in [-0.3, -0.25) is 0 Å². The molecule has 1 nitrogen and oxygen atoms in total. The van der Waals surface area contributed by atoms with Crippen LogP contribution in [0.5, 0.6) is 0 Å². The minimum atomic E-state index is 0.776. The van der Waals surface area contributed by atoms with Gasteiger partial charge in [-0.15, -0.1) is 0 Å². The monoisotopic (exact) mass is 187 g/mol. The van der Waals surface area contributed by atoms with Crippen molar-refractivity contribution in [3.8, 4) is 0 Å². The predicted octanol–water partition coefficient (Wildman–Crippen LogP) is 2.79.